The molecule has 1 saturated heterocycles. The van der Waals surface area contributed by atoms with Crippen LogP contribution in [0.3, 0.4) is 0 Å². The average Bonchev–Trinajstić information content (AvgIpc) is 2.90. The SMILES string of the molecule is CCCCc1ccc(NS(=O)(=O)c2cc(C(=O)N3CC(C)(C)N(Cc4ccccc4)CC3(C)C)c(Cl)cc2Cl)cc1. The van der Waals surface area contributed by atoms with E-state index < -0.39 is 15.6 Å². The van der Waals surface area contributed by atoms with Crippen LogP contribution in [0.4, 0.5) is 5.69 Å². The van der Waals surface area contributed by atoms with Gasteiger partial charge in [0, 0.05) is 30.9 Å². The minimum absolute atomic E-state index is 0.0501. The number of anilines is 1. The summed E-state index contributed by atoms with van der Waals surface area (Å²) in [5.41, 5.74) is 1.99. The van der Waals surface area contributed by atoms with Crippen molar-refractivity contribution in [1.82, 2.24) is 9.80 Å². The number of nitrogens with one attached hydrogen (secondary N) is 1. The molecule has 0 saturated carbocycles. The summed E-state index contributed by atoms with van der Waals surface area (Å²) in [6, 6.07) is 20.2. The molecule has 3 aromatic rings. The number of nitrogens with zero attached hydrogens (tertiary/aromatic N) is 2. The van der Waals surface area contributed by atoms with Gasteiger partial charge in [0.2, 0.25) is 0 Å². The second-order valence-electron chi connectivity index (χ2n) is 12.0. The van der Waals surface area contributed by atoms with Gasteiger partial charge >= 0.3 is 0 Å². The summed E-state index contributed by atoms with van der Waals surface area (Å²) in [5, 5.41) is 0.0606. The quantitative estimate of drug-likeness (QED) is 0.268. The van der Waals surface area contributed by atoms with E-state index in [0.717, 1.165) is 31.4 Å². The Morgan fingerprint density at radius 1 is 0.878 bits per heavy atom. The number of hydrogen-bond acceptors (Lipinski definition) is 4. The summed E-state index contributed by atoms with van der Waals surface area (Å²) in [5.74, 6) is -0.333. The fourth-order valence-corrected chi connectivity index (χ4v) is 7.18. The number of piperazine rings is 1. The molecule has 3 aromatic carbocycles. The molecule has 9 heteroatoms. The van der Waals surface area contributed by atoms with Gasteiger partial charge in [0.15, 0.2) is 0 Å². The topological polar surface area (TPSA) is 69.7 Å². The summed E-state index contributed by atoms with van der Waals surface area (Å²) < 4.78 is 29.4. The first-order valence-electron chi connectivity index (χ1n) is 14.0. The number of halogens is 2. The molecule has 0 aromatic heterocycles. The number of hydrogen-bond donors (Lipinski definition) is 1. The Balaban J connectivity index is 1.59. The van der Waals surface area contributed by atoms with Crippen molar-refractivity contribution in [2.24, 2.45) is 0 Å². The maximum atomic E-state index is 14.0. The number of amides is 1. The Morgan fingerprint density at radius 2 is 1.54 bits per heavy atom. The predicted octanol–water partition coefficient (Wildman–Crippen LogP) is 7.65. The van der Waals surface area contributed by atoms with Crippen LogP contribution >= 0.6 is 23.2 Å². The Morgan fingerprint density at radius 3 is 2.17 bits per heavy atom. The van der Waals surface area contributed by atoms with Gasteiger partial charge in [-0.1, -0.05) is 79.0 Å². The highest BCUT2D eigenvalue weighted by Crippen LogP contribution is 2.36. The molecule has 0 bridgehead atoms. The van der Waals surface area contributed by atoms with Crippen molar-refractivity contribution >= 4 is 44.8 Å². The molecular weight excluding hydrogens is 577 g/mol. The zero-order valence-electron chi connectivity index (χ0n) is 24.4. The molecule has 220 valence electrons. The van der Waals surface area contributed by atoms with Gasteiger partial charge in [-0.15, -0.1) is 0 Å². The van der Waals surface area contributed by atoms with Crippen LogP contribution in [0.25, 0.3) is 0 Å². The van der Waals surface area contributed by atoms with E-state index in [-0.39, 0.29) is 32.0 Å². The third-order valence-electron chi connectivity index (χ3n) is 7.74. The molecule has 1 amide bonds. The first kappa shape index (κ1) is 31.4. The lowest BCUT2D eigenvalue weighted by atomic mass is 9.87. The average molecular weight is 617 g/mol. The van der Waals surface area contributed by atoms with E-state index in [1.165, 1.54) is 17.7 Å². The standard InChI is InChI=1S/C32H39Cl2N3O3S/c1-6-7-11-23-14-16-25(17-15-23)35-41(39,40)29-18-26(27(33)19-28(29)34)30(38)37-22-31(2,3)36(21-32(37,4)5)20-24-12-9-8-10-13-24/h8-10,12-19,35H,6-7,11,20-22H2,1-5H3. The molecule has 1 aliphatic heterocycles. The number of carbonyl (C=O) groups excluding carboxylic acids is 1. The Bertz CT molecular complexity index is 1490. The minimum atomic E-state index is -4.09. The smallest absolute Gasteiger partial charge is 0.263 e. The molecule has 1 aliphatic rings. The van der Waals surface area contributed by atoms with E-state index in [9.17, 15) is 13.2 Å². The molecule has 0 aliphatic carbocycles. The van der Waals surface area contributed by atoms with Gasteiger partial charge in [-0.25, -0.2) is 8.42 Å². The van der Waals surface area contributed by atoms with Crippen molar-refractivity contribution in [3.05, 3.63) is 93.5 Å². The van der Waals surface area contributed by atoms with Crippen LogP contribution in [0.2, 0.25) is 10.0 Å². The van der Waals surface area contributed by atoms with Crippen molar-refractivity contribution < 1.29 is 13.2 Å². The molecule has 1 heterocycles. The fourth-order valence-electron chi connectivity index (χ4n) is 5.26. The number of unbranched alkanes of at least 4 members (excludes halogenated alkanes) is 1. The molecule has 0 atom stereocenters. The van der Waals surface area contributed by atoms with Crippen molar-refractivity contribution in [1.29, 1.82) is 0 Å². The molecule has 6 nitrogen and oxygen atoms in total. The van der Waals surface area contributed by atoms with Gasteiger partial charge in [0.05, 0.1) is 21.1 Å². The third-order valence-corrected chi connectivity index (χ3v) is 9.90. The number of aryl methyl sites for hydroxylation is 1. The normalized spacial score (nSPS) is 16.9. The van der Waals surface area contributed by atoms with Gasteiger partial charge in [-0.05, 0) is 75.9 Å². The van der Waals surface area contributed by atoms with Gasteiger partial charge in [-0.3, -0.25) is 14.4 Å². The largest absolute Gasteiger partial charge is 0.330 e. The van der Waals surface area contributed by atoms with Crippen LogP contribution < -0.4 is 4.72 Å². The second kappa shape index (κ2) is 12.3. The number of sulfonamides is 1. The molecule has 4 rings (SSSR count). The van der Waals surface area contributed by atoms with Crippen molar-refractivity contribution in [3.63, 3.8) is 0 Å². The molecule has 1 N–H and O–H groups in total. The third kappa shape index (κ3) is 7.26. The van der Waals surface area contributed by atoms with Crippen LogP contribution in [-0.4, -0.2) is 48.3 Å². The van der Waals surface area contributed by atoms with Crippen LogP contribution in [0.1, 0.15) is 68.9 Å². The summed E-state index contributed by atoms with van der Waals surface area (Å²) in [6.07, 6.45) is 3.09. The molecule has 0 spiro atoms. The summed E-state index contributed by atoms with van der Waals surface area (Å²) >= 11 is 12.9. The van der Waals surface area contributed by atoms with Gasteiger partial charge < -0.3 is 4.90 Å². The van der Waals surface area contributed by atoms with E-state index in [1.54, 1.807) is 17.0 Å². The van der Waals surface area contributed by atoms with E-state index >= 15 is 0 Å². The Labute approximate surface area is 254 Å². The summed E-state index contributed by atoms with van der Waals surface area (Å²) in [7, 11) is -4.09. The summed E-state index contributed by atoms with van der Waals surface area (Å²) in [6.45, 7) is 12.2. The minimum Gasteiger partial charge on any atom is -0.330 e. The number of rotatable bonds is 9. The van der Waals surface area contributed by atoms with Crippen molar-refractivity contribution in [2.75, 3.05) is 17.8 Å². The molecule has 0 unspecified atom stereocenters. The lowest BCUT2D eigenvalue weighted by molar-refractivity contribution is -0.0454. The van der Waals surface area contributed by atoms with E-state index in [2.05, 4.69) is 42.5 Å². The zero-order chi connectivity index (χ0) is 30.0. The second-order valence-corrected chi connectivity index (χ2v) is 14.5. The van der Waals surface area contributed by atoms with E-state index in [1.807, 2.05) is 44.2 Å². The van der Waals surface area contributed by atoms with Crippen molar-refractivity contribution in [2.45, 2.75) is 76.4 Å². The summed E-state index contributed by atoms with van der Waals surface area (Å²) in [4.78, 5) is 18.0. The highest BCUT2D eigenvalue weighted by molar-refractivity contribution is 7.92. The molecular formula is C32H39Cl2N3O3S. The van der Waals surface area contributed by atoms with Crippen LogP contribution in [0.5, 0.6) is 0 Å². The van der Waals surface area contributed by atoms with Gasteiger partial charge in [-0.2, -0.15) is 0 Å². The molecule has 1 fully saturated rings. The predicted molar refractivity (Wildman–Crippen MR) is 168 cm³/mol. The first-order valence-corrected chi connectivity index (χ1v) is 16.2. The Kier molecular flexibility index (Phi) is 9.44. The van der Waals surface area contributed by atoms with E-state index in [4.69, 9.17) is 23.2 Å². The molecule has 41 heavy (non-hydrogen) atoms. The molecule has 0 radical (unpaired) electrons. The van der Waals surface area contributed by atoms with Gasteiger partial charge in [0.1, 0.15) is 4.90 Å². The fraction of sp³-hybridized carbons (Fsp3) is 0.406. The highest BCUT2D eigenvalue weighted by Gasteiger charge is 2.45. The monoisotopic (exact) mass is 615 g/mol. The zero-order valence-corrected chi connectivity index (χ0v) is 26.7. The number of benzene rings is 3. The Hall–Kier alpha value is -2.58. The van der Waals surface area contributed by atoms with Crippen LogP contribution in [0, 0.1) is 0 Å². The van der Waals surface area contributed by atoms with Gasteiger partial charge in [0.25, 0.3) is 15.9 Å². The highest BCUT2D eigenvalue weighted by atomic mass is 35.5. The number of carbonyl (C=O) groups is 1. The maximum Gasteiger partial charge on any atom is 0.263 e. The van der Waals surface area contributed by atoms with Crippen molar-refractivity contribution in [3.8, 4) is 0 Å². The van der Waals surface area contributed by atoms with Crippen LogP contribution in [-0.2, 0) is 23.0 Å². The lowest BCUT2D eigenvalue weighted by Gasteiger charge is -2.55. The first-order chi connectivity index (χ1) is 19.2. The lowest BCUT2D eigenvalue weighted by Crippen LogP contribution is -2.68. The van der Waals surface area contributed by atoms with E-state index in [0.29, 0.717) is 18.8 Å². The maximum absolute atomic E-state index is 14.0. The van der Waals surface area contributed by atoms with Crippen LogP contribution in [0.15, 0.2) is 71.6 Å².